The summed E-state index contributed by atoms with van der Waals surface area (Å²) in [5.41, 5.74) is 0. The summed E-state index contributed by atoms with van der Waals surface area (Å²) in [5, 5.41) is 3.39. The molecular weight excluding hydrogens is 344 g/mol. The van der Waals surface area contributed by atoms with Crippen LogP contribution in [-0.4, -0.2) is 60.3 Å². The van der Waals surface area contributed by atoms with Crippen molar-refractivity contribution in [2.75, 3.05) is 38.7 Å². The van der Waals surface area contributed by atoms with Crippen LogP contribution in [0, 0.1) is 5.92 Å². The highest BCUT2D eigenvalue weighted by Crippen LogP contribution is 2.05. The molecule has 0 aliphatic rings. The SMILES string of the molecule is CC(C)C[C@@H](CS)NCCCN=C=O.CCO[SiH](OCC)OCC. The van der Waals surface area contributed by atoms with E-state index < -0.39 is 9.53 Å². The number of hydrogen-bond donors (Lipinski definition) is 2. The molecule has 0 fully saturated rings. The summed E-state index contributed by atoms with van der Waals surface area (Å²) in [5.74, 6) is 1.54. The van der Waals surface area contributed by atoms with Crippen LogP contribution in [0.4, 0.5) is 0 Å². The molecule has 144 valence electrons. The molecule has 0 aliphatic heterocycles. The van der Waals surface area contributed by atoms with Crippen LogP contribution in [0.5, 0.6) is 0 Å². The molecule has 6 nitrogen and oxygen atoms in total. The summed E-state index contributed by atoms with van der Waals surface area (Å²) in [6.45, 7) is 13.7. The number of isocyanates is 1. The molecule has 0 amide bonds. The first-order valence-corrected chi connectivity index (χ1v) is 10.8. The normalized spacial score (nSPS) is 11.8. The van der Waals surface area contributed by atoms with Crippen LogP contribution in [0.2, 0.25) is 0 Å². The van der Waals surface area contributed by atoms with Crippen LogP contribution in [0.15, 0.2) is 4.99 Å². The minimum absolute atomic E-state index is 0.471. The van der Waals surface area contributed by atoms with Gasteiger partial charge in [0, 0.05) is 31.6 Å². The molecule has 24 heavy (non-hydrogen) atoms. The first kappa shape index (κ1) is 26.0. The van der Waals surface area contributed by atoms with Gasteiger partial charge in [-0.2, -0.15) is 12.6 Å². The number of nitrogens with one attached hydrogen (secondary N) is 1. The van der Waals surface area contributed by atoms with Gasteiger partial charge in [0.1, 0.15) is 0 Å². The number of hydrogen-bond acceptors (Lipinski definition) is 7. The van der Waals surface area contributed by atoms with Crippen molar-refractivity contribution in [1.29, 1.82) is 0 Å². The van der Waals surface area contributed by atoms with Crippen LogP contribution in [0.1, 0.15) is 47.5 Å². The molecule has 1 N–H and O–H groups in total. The van der Waals surface area contributed by atoms with Crippen molar-refractivity contribution in [3.05, 3.63) is 0 Å². The molecule has 0 aliphatic carbocycles. The maximum Gasteiger partial charge on any atom is 0.484 e. The average Bonchev–Trinajstić information content (AvgIpc) is 2.54. The molecule has 0 rings (SSSR count). The van der Waals surface area contributed by atoms with Crippen LogP contribution in [0.3, 0.4) is 0 Å². The Bertz CT molecular complexity index is 292. The fourth-order valence-electron chi connectivity index (χ4n) is 1.85. The lowest BCUT2D eigenvalue weighted by atomic mass is 10.1. The van der Waals surface area contributed by atoms with E-state index in [-0.39, 0.29) is 0 Å². The first-order valence-electron chi connectivity index (χ1n) is 8.78. The van der Waals surface area contributed by atoms with Crippen molar-refractivity contribution in [1.82, 2.24) is 5.32 Å². The fourth-order valence-corrected chi connectivity index (χ4v) is 3.24. The monoisotopic (exact) mass is 380 g/mol. The second kappa shape index (κ2) is 20.8. The van der Waals surface area contributed by atoms with E-state index in [1.54, 1.807) is 0 Å². The Morgan fingerprint density at radius 1 is 1.12 bits per heavy atom. The van der Waals surface area contributed by atoms with Crippen LogP contribution >= 0.6 is 12.6 Å². The van der Waals surface area contributed by atoms with Gasteiger partial charge in [0.05, 0.1) is 6.54 Å². The van der Waals surface area contributed by atoms with E-state index in [1.165, 1.54) is 6.08 Å². The van der Waals surface area contributed by atoms with Gasteiger partial charge in [0.15, 0.2) is 0 Å². The number of rotatable bonds is 14. The molecule has 8 heteroatoms. The lowest BCUT2D eigenvalue weighted by Crippen LogP contribution is -2.33. The molecule has 0 saturated heterocycles. The number of thiol groups is 1. The Kier molecular flexibility index (Phi) is 22.6. The highest BCUT2D eigenvalue weighted by molar-refractivity contribution is 7.80. The molecule has 0 aromatic carbocycles. The second-order valence-corrected chi connectivity index (χ2v) is 7.39. The number of carbonyl (C=O) groups excluding carboxylic acids is 1. The van der Waals surface area contributed by atoms with Crippen molar-refractivity contribution in [2.24, 2.45) is 10.9 Å². The topological polar surface area (TPSA) is 69.2 Å². The lowest BCUT2D eigenvalue weighted by molar-refractivity contribution is 0.107. The minimum Gasteiger partial charge on any atom is -0.376 e. The molecule has 0 aromatic heterocycles. The third-order valence-electron chi connectivity index (χ3n) is 2.83. The van der Waals surface area contributed by atoms with Gasteiger partial charge in [-0.05, 0) is 46.1 Å². The van der Waals surface area contributed by atoms with Gasteiger partial charge in [-0.25, -0.2) is 9.79 Å². The predicted molar refractivity (Wildman–Crippen MR) is 105 cm³/mol. The zero-order valence-electron chi connectivity index (χ0n) is 15.9. The van der Waals surface area contributed by atoms with Crippen LogP contribution in [-0.2, 0) is 18.1 Å². The van der Waals surface area contributed by atoms with E-state index in [2.05, 4.69) is 36.8 Å². The molecule has 0 unspecified atom stereocenters. The molecule has 0 radical (unpaired) electrons. The number of nitrogens with zero attached hydrogens (tertiary/aromatic N) is 1. The van der Waals surface area contributed by atoms with E-state index in [4.69, 9.17) is 13.3 Å². The van der Waals surface area contributed by atoms with Gasteiger partial charge >= 0.3 is 9.53 Å². The first-order chi connectivity index (χ1) is 11.5. The summed E-state index contributed by atoms with van der Waals surface area (Å²) in [4.78, 5) is 13.3. The Labute approximate surface area is 155 Å². The summed E-state index contributed by atoms with van der Waals surface area (Å²) >= 11 is 4.29. The maximum absolute atomic E-state index is 9.78. The summed E-state index contributed by atoms with van der Waals surface area (Å²) in [6.07, 6.45) is 3.56. The van der Waals surface area contributed by atoms with Crippen molar-refractivity contribution in [3.8, 4) is 0 Å². The predicted octanol–water partition coefficient (Wildman–Crippen LogP) is 2.46. The van der Waals surface area contributed by atoms with Crippen molar-refractivity contribution in [3.63, 3.8) is 0 Å². The van der Waals surface area contributed by atoms with Gasteiger partial charge in [0.25, 0.3) is 0 Å². The zero-order chi connectivity index (χ0) is 18.6. The quantitative estimate of drug-likeness (QED) is 0.159. The molecule has 1 atom stereocenters. The fraction of sp³-hybridized carbons (Fsp3) is 0.938. The minimum atomic E-state index is -1.73. The molecule has 0 bridgehead atoms. The third-order valence-corrected chi connectivity index (χ3v) is 5.09. The van der Waals surface area contributed by atoms with E-state index >= 15 is 0 Å². The zero-order valence-corrected chi connectivity index (χ0v) is 18.0. The Morgan fingerprint density at radius 2 is 1.67 bits per heavy atom. The molecule has 0 spiro atoms. The second-order valence-electron chi connectivity index (χ2n) is 5.44. The van der Waals surface area contributed by atoms with Crippen molar-refractivity contribution in [2.45, 2.75) is 53.5 Å². The Hall–Kier alpha value is -0.213. The summed E-state index contributed by atoms with van der Waals surface area (Å²) in [6, 6.07) is 0.471. The third kappa shape index (κ3) is 19.8. The molecule has 0 heterocycles. The molecular formula is C16H36N2O4SSi. The van der Waals surface area contributed by atoms with Crippen LogP contribution < -0.4 is 5.32 Å². The van der Waals surface area contributed by atoms with Gasteiger partial charge in [-0.1, -0.05) is 13.8 Å². The Balaban J connectivity index is 0. The summed E-state index contributed by atoms with van der Waals surface area (Å²) in [7, 11) is -1.73. The smallest absolute Gasteiger partial charge is 0.376 e. The molecule has 0 saturated carbocycles. The maximum atomic E-state index is 9.78. The van der Waals surface area contributed by atoms with E-state index in [0.717, 1.165) is 25.1 Å². The standard InChI is InChI=1S/C10H20N2OS.C6H16O3Si/c1-9(2)6-10(7-14)12-5-3-4-11-8-13;1-4-7-10(8-5-2)9-6-3/h9-10,12,14H,3-7H2,1-2H3;10H,4-6H2,1-3H3/t10-;/m0./s1. The molecule has 0 aromatic rings. The highest BCUT2D eigenvalue weighted by atomic mass is 32.1. The summed E-state index contributed by atoms with van der Waals surface area (Å²) < 4.78 is 15.7. The average molecular weight is 381 g/mol. The van der Waals surface area contributed by atoms with Crippen molar-refractivity contribution < 1.29 is 18.1 Å². The largest absolute Gasteiger partial charge is 0.484 e. The van der Waals surface area contributed by atoms with Gasteiger partial charge in [-0.3, -0.25) is 0 Å². The lowest BCUT2D eigenvalue weighted by Gasteiger charge is -2.18. The van der Waals surface area contributed by atoms with E-state index in [1.807, 2.05) is 20.8 Å². The van der Waals surface area contributed by atoms with Gasteiger partial charge in [-0.15, -0.1) is 0 Å². The van der Waals surface area contributed by atoms with Gasteiger partial charge in [0.2, 0.25) is 6.08 Å². The van der Waals surface area contributed by atoms with Crippen molar-refractivity contribution >= 4 is 28.2 Å². The van der Waals surface area contributed by atoms with Crippen LogP contribution in [0.25, 0.3) is 0 Å². The number of aliphatic imine (C=N–C) groups is 1. The highest BCUT2D eigenvalue weighted by Gasteiger charge is 2.11. The van der Waals surface area contributed by atoms with Gasteiger partial charge < -0.3 is 18.6 Å². The van der Waals surface area contributed by atoms with E-state index in [9.17, 15) is 4.79 Å². The Morgan fingerprint density at radius 3 is 2.04 bits per heavy atom. The van der Waals surface area contributed by atoms with E-state index in [0.29, 0.717) is 38.3 Å².